The molecule has 2 fully saturated rings. The average molecular weight is 435 g/mol. The third-order valence-electron chi connectivity index (χ3n) is 4.87. The number of nitrogens with two attached hydrogens (primary N) is 1. The molecule has 1 aromatic carbocycles. The number of benzene rings is 1. The van der Waals surface area contributed by atoms with E-state index in [1.54, 1.807) is 30.2 Å². The summed E-state index contributed by atoms with van der Waals surface area (Å²) in [6.45, 7) is 5.20. The summed E-state index contributed by atoms with van der Waals surface area (Å²) in [6, 6.07) is 5.10. The second kappa shape index (κ2) is 11.3. The normalized spacial score (nSPS) is 19.5. The van der Waals surface area contributed by atoms with Crippen molar-refractivity contribution in [3.8, 4) is 5.75 Å². The van der Waals surface area contributed by atoms with Gasteiger partial charge in [-0.25, -0.2) is 0 Å². The van der Waals surface area contributed by atoms with E-state index in [0.717, 1.165) is 32.8 Å². The van der Waals surface area contributed by atoms with Gasteiger partial charge < -0.3 is 25.4 Å². The van der Waals surface area contributed by atoms with Gasteiger partial charge in [0.15, 0.2) is 0 Å². The van der Waals surface area contributed by atoms with Gasteiger partial charge in [0, 0.05) is 44.8 Å². The van der Waals surface area contributed by atoms with E-state index in [1.165, 1.54) is 0 Å². The fourth-order valence-corrected chi connectivity index (χ4v) is 3.31. The summed E-state index contributed by atoms with van der Waals surface area (Å²) in [5.74, 6) is 0.105. The Morgan fingerprint density at radius 2 is 2.00 bits per heavy atom. The lowest BCUT2D eigenvalue weighted by molar-refractivity contribution is -0.128. The summed E-state index contributed by atoms with van der Waals surface area (Å²) < 4.78 is 10.4. The zero-order valence-corrected chi connectivity index (χ0v) is 17.5. The summed E-state index contributed by atoms with van der Waals surface area (Å²) in [6.07, 6.45) is 0.251. The largest absolute Gasteiger partial charge is 0.495 e. The molecule has 0 radical (unpaired) electrons. The summed E-state index contributed by atoms with van der Waals surface area (Å²) in [5.41, 5.74) is 6.93. The molecular formula is C18H28Cl2N4O4. The Bertz CT molecular complexity index is 671. The van der Waals surface area contributed by atoms with E-state index in [9.17, 15) is 9.59 Å². The Labute approximate surface area is 177 Å². The number of nitrogen functional groups attached to an aromatic ring is 1. The molecule has 1 atom stereocenters. The van der Waals surface area contributed by atoms with Gasteiger partial charge in [0.1, 0.15) is 5.75 Å². The van der Waals surface area contributed by atoms with Crippen LogP contribution in [0.1, 0.15) is 6.42 Å². The molecule has 2 aliphatic heterocycles. The minimum absolute atomic E-state index is 0. The Morgan fingerprint density at radius 3 is 2.64 bits per heavy atom. The highest BCUT2D eigenvalue weighted by Gasteiger charge is 2.34. The maximum Gasteiger partial charge on any atom is 0.229 e. The maximum atomic E-state index is 12.5. The number of methoxy groups -OCH3 is 1. The molecule has 0 aromatic heterocycles. The summed E-state index contributed by atoms with van der Waals surface area (Å²) >= 11 is 0. The summed E-state index contributed by atoms with van der Waals surface area (Å²) in [5, 5.41) is 2.84. The van der Waals surface area contributed by atoms with Crippen LogP contribution in [0.5, 0.6) is 5.75 Å². The van der Waals surface area contributed by atoms with Crippen molar-refractivity contribution in [2.24, 2.45) is 5.92 Å². The van der Waals surface area contributed by atoms with Crippen LogP contribution in [0.25, 0.3) is 0 Å². The van der Waals surface area contributed by atoms with Crippen LogP contribution in [-0.4, -0.2) is 74.7 Å². The van der Waals surface area contributed by atoms with Gasteiger partial charge in [-0.15, -0.1) is 24.8 Å². The topological polar surface area (TPSA) is 97.1 Å². The number of hydrogen-bond acceptors (Lipinski definition) is 6. The number of carbonyl (C=O) groups excluding carboxylic acids is 2. The SMILES string of the molecule is COc1ccc(NC(=O)C2CC(=O)N(CCN3CCOCC3)C2)cc1N.Cl.Cl. The molecule has 8 nitrogen and oxygen atoms in total. The maximum absolute atomic E-state index is 12.5. The molecule has 28 heavy (non-hydrogen) atoms. The van der Waals surface area contributed by atoms with Crippen LogP contribution in [0, 0.1) is 5.92 Å². The van der Waals surface area contributed by atoms with Crippen LogP contribution in [0.15, 0.2) is 18.2 Å². The quantitative estimate of drug-likeness (QED) is 0.653. The highest BCUT2D eigenvalue weighted by Crippen LogP contribution is 2.26. The van der Waals surface area contributed by atoms with Gasteiger partial charge in [-0.1, -0.05) is 0 Å². The van der Waals surface area contributed by atoms with Crippen LogP contribution in [0.3, 0.4) is 0 Å². The van der Waals surface area contributed by atoms with Gasteiger partial charge in [-0.05, 0) is 18.2 Å². The van der Waals surface area contributed by atoms with Crippen molar-refractivity contribution in [3.63, 3.8) is 0 Å². The van der Waals surface area contributed by atoms with E-state index in [-0.39, 0.29) is 49.0 Å². The van der Waals surface area contributed by atoms with Crippen molar-refractivity contribution in [3.05, 3.63) is 18.2 Å². The Kier molecular flexibility index (Phi) is 9.81. The third kappa shape index (κ3) is 6.13. The van der Waals surface area contributed by atoms with Crippen molar-refractivity contribution < 1.29 is 19.1 Å². The fraction of sp³-hybridized carbons (Fsp3) is 0.556. The van der Waals surface area contributed by atoms with Crippen LogP contribution >= 0.6 is 24.8 Å². The predicted molar refractivity (Wildman–Crippen MR) is 112 cm³/mol. The standard InChI is InChI=1S/C18H26N4O4.2ClH/c1-25-16-3-2-14(11-15(16)19)20-18(24)13-10-17(23)22(12-13)5-4-21-6-8-26-9-7-21;;/h2-3,11,13H,4-10,12,19H2,1H3,(H,20,24);2*1H. The Hall–Kier alpha value is -1.74. The molecule has 158 valence electrons. The number of nitrogens with one attached hydrogen (secondary N) is 1. The van der Waals surface area contributed by atoms with Gasteiger partial charge in [-0.3, -0.25) is 14.5 Å². The average Bonchev–Trinajstić information content (AvgIpc) is 3.02. The van der Waals surface area contributed by atoms with Gasteiger partial charge >= 0.3 is 0 Å². The van der Waals surface area contributed by atoms with Crippen molar-refractivity contribution >= 4 is 48.0 Å². The molecule has 0 aliphatic carbocycles. The first-order valence-electron chi connectivity index (χ1n) is 8.89. The minimum Gasteiger partial charge on any atom is -0.495 e. The summed E-state index contributed by atoms with van der Waals surface area (Å²) in [7, 11) is 1.54. The summed E-state index contributed by atoms with van der Waals surface area (Å²) in [4.78, 5) is 28.8. The molecule has 0 bridgehead atoms. The number of rotatable bonds is 6. The number of ether oxygens (including phenoxy) is 2. The number of halogens is 2. The molecule has 2 saturated heterocycles. The molecular weight excluding hydrogens is 407 g/mol. The first kappa shape index (κ1) is 24.3. The molecule has 2 amide bonds. The number of anilines is 2. The number of morpholine rings is 1. The van der Waals surface area contributed by atoms with Crippen molar-refractivity contribution in [1.82, 2.24) is 9.80 Å². The second-order valence-corrected chi connectivity index (χ2v) is 6.64. The highest BCUT2D eigenvalue weighted by atomic mass is 35.5. The van der Waals surface area contributed by atoms with E-state index < -0.39 is 0 Å². The Balaban J connectivity index is 0.00000196. The van der Waals surface area contributed by atoms with Crippen LogP contribution in [0.4, 0.5) is 11.4 Å². The fourth-order valence-electron chi connectivity index (χ4n) is 3.31. The van der Waals surface area contributed by atoms with E-state index in [4.69, 9.17) is 15.2 Å². The van der Waals surface area contributed by atoms with Crippen LogP contribution < -0.4 is 15.8 Å². The molecule has 2 heterocycles. The predicted octanol–water partition coefficient (Wildman–Crippen LogP) is 1.24. The van der Waals surface area contributed by atoms with Crippen LogP contribution in [0.2, 0.25) is 0 Å². The molecule has 3 N–H and O–H groups in total. The molecule has 1 unspecified atom stereocenters. The lowest BCUT2D eigenvalue weighted by atomic mass is 10.1. The number of nitrogens with zero attached hydrogens (tertiary/aromatic N) is 2. The third-order valence-corrected chi connectivity index (χ3v) is 4.87. The van der Waals surface area contributed by atoms with Crippen LogP contribution in [-0.2, 0) is 14.3 Å². The van der Waals surface area contributed by atoms with E-state index in [0.29, 0.717) is 30.2 Å². The monoisotopic (exact) mass is 434 g/mol. The minimum atomic E-state index is -0.337. The molecule has 1 aromatic rings. The van der Waals surface area contributed by atoms with E-state index in [1.807, 2.05) is 0 Å². The number of carbonyl (C=O) groups is 2. The lowest BCUT2D eigenvalue weighted by Gasteiger charge is -2.28. The molecule has 3 rings (SSSR count). The van der Waals surface area contributed by atoms with Crippen molar-refractivity contribution in [2.45, 2.75) is 6.42 Å². The van der Waals surface area contributed by atoms with Gasteiger partial charge in [0.2, 0.25) is 11.8 Å². The number of amides is 2. The molecule has 0 saturated carbocycles. The first-order chi connectivity index (χ1) is 12.6. The smallest absolute Gasteiger partial charge is 0.229 e. The second-order valence-electron chi connectivity index (χ2n) is 6.64. The van der Waals surface area contributed by atoms with Crippen molar-refractivity contribution in [2.75, 3.05) is 64.1 Å². The molecule has 2 aliphatic rings. The van der Waals surface area contributed by atoms with Gasteiger partial charge in [-0.2, -0.15) is 0 Å². The van der Waals surface area contributed by atoms with Crippen molar-refractivity contribution in [1.29, 1.82) is 0 Å². The van der Waals surface area contributed by atoms with Gasteiger partial charge in [0.25, 0.3) is 0 Å². The molecule has 0 spiro atoms. The lowest BCUT2D eigenvalue weighted by Crippen LogP contribution is -2.42. The number of hydrogen-bond donors (Lipinski definition) is 2. The number of likely N-dealkylation sites (tertiary alicyclic amines) is 1. The van der Waals surface area contributed by atoms with E-state index in [2.05, 4.69) is 10.2 Å². The first-order valence-corrected chi connectivity index (χ1v) is 8.89. The van der Waals surface area contributed by atoms with E-state index >= 15 is 0 Å². The zero-order valence-electron chi connectivity index (χ0n) is 15.9. The molecule has 10 heteroatoms. The highest BCUT2D eigenvalue weighted by molar-refractivity contribution is 5.97. The zero-order chi connectivity index (χ0) is 18.5. The van der Waals surface area contributed by atoms with Gasteiger partial charge in [0.05, 0.1) is 31.9 Å². The Morgan fingerprint density at radius 1 is 1.29 bits per heavy atom.